The molecular weight excluding hydrogens is 278 g/mol. The third kappa shape index (κ3) is 2.88. The number of hydrogen-bond donors (Lipinski definition) is 1. The predicted octanol–water partition coefficient (Wildman–Crippen LogP) is 2.11. The molecule has 2 aromatic heterocycles. The third-order valence-electron chi connectivity index (χ3n) is 3.41. The van der Waals surface area contributed by atoms with Crippen molar-refractivity contribution in [1.29, 1.82) is 0 Å². The summed E-state index contributed by atoms with van der Waals surface area (Å²) in [5.41, 5.74) is 1.75. The van der Waals surface area contributed by atoms with Crippen LogP contribution in [-0.2, 0) is 18.3 Å². The first kappa shape index (κ1) is 14.0. The van der Waals surface area contributed by atoms with Crippen LogP contribution in [0, 0.1) is 0 Å². The molecule has 0 aliphatic heterocycles. The van der Waals surface area contributed by atoms with Crippen LogP contribution in [0.4, 0.5) is 5.69 Å². The van der Waals surface area contributed by atoms with Crippen molar-refractivity contribution in [3.8, 4) is 0 Å². The van der Waals surface area contributed by atoms with Crippen LogP contribution in [0.1, 0.15) is 5.56 Å². The average molecular weight is 293 g/mol. The topological polar surface area (TPSA) is 64.0 Å². The molecule has 1 N–H and O–H groups in total. The second kappa shape index (κ2) is 5.81. The highest BCUT2D eigenvalue weighted by atomic mass is 16.2. The Balaban J connectivity index is 1.78. The number of aryl methyl sites for hydroxylation is 1. The number of carbonyl (C=O) groups excluding carboxylic acids is 1. The van der Waals surface area contributed by atoms with Gasteiger partial charge in [-0.15, -0.1) is 0 Å². The maximum Gasteiger partial charge on any atom is 0.274 e. The summed E-state index contributed by atoms with van der Waals surface area (Å²) >= 11 is 0. The van der Waals surface area contributed by atoms with Crippen molar-refractivity contribution >= 4 is 22.5 Å². The maximum atomic E-state index is 12.1. The fraction of sp³-hybridized carbons (Fsp3) is 0.118. The fourth-order valence-corrected chi connectivity index (χ4v) is 2.29. The molecule has 2 heterocycles. The maximum absolute atomic E-state index is 12.1. The number of rotatable bonds is 3. The van der Waals surface area contributed by atoms with E-state index < -0.39 is 0 Å². The smallest absolute Gasteiger partial charge is 0.274 e. The summed E-state index contributed by atoms with van der Waals surface area (Å²) < 4.78 is 1.42. The first-order chi connectivity index (χ1) is 10.6. The summed E-state index contributed by atoms with van der Waals surface area (Å²) in [4.78, 5) is 28.3. The highest BCUT2D eigenvalue weighted by Crippen LogP contribution is 2.13. The number of nitrogens with zero attached hydrogens (tertiary/aromatic N) is 2. The highest BCUT2D eigenvalue weighted by Gasteiger charge is 2.08. The highest BCUT2D eigenvalue weighted by molar-refractivity contribution is 5.92. The monoisotopic (exact) mass is 293 g/mol. The summed E-state index contributed by atoms with van der Waals surface area (Å²) in [5.74, 6) is -0.236. The van der Waals surface area contributed by atoms with Gasteiger partial charge in [-0.1, -0.05) is 18.2 Å². The molecule has 1 amide bonds. The molecule has 5 heteroatoms. The number of carbonyl (C=O) groups is 1. The molecule has 3 rings (SSSR count). The normalized spacial score (nSPS) is 10.6. The van der Waals surface area contributed by atoms with Gasteiger partial charge in [0.2, 0.25) is 5.91 Å². The van der Waals surface area contributed by atoms with Crippen LogP contribution in [0.15, 0.2) is 59.7 Å². The molecule has 0 saturated carbocycles. The minimum atomic E-state index is -0.236. The largest absolute Gasteiger partial charge is 0.321 e. The Hall–Kier alpha value is -2.95. The van der Waals surface area contributed by atoms with Gasteiger partial charge in [-0.2, -0.15) is 0 Å². The molecule has 1 aromatic carbocycles. The van der Waals surface area contributed by atoms with Crippen molar-refractivity contribution in [2.24, 2.45) is 7.05 Å². The van der Waals surface area contributed by atoms with Gasteiger partial charge in [0.1, 0.15) is 5.69 Å². The number of hydrogen-bond acceptors (Lipinski definition) is 3. The average Bonchev–Trinajstić information content (AvgIpc) is 2.52. The zero-order valence-electron chi connectivity index (χ0n) is 12.1. The molecule has 0 saturated heterocycles. The van der Waals surface area contributed by atoms with Crippen molar-refractivity contribution in [3.05, 3.63) is 70.8 Å². The molecule has 0 unspecified atom stereocenters. The van der Waals surface area contributed by atoms with Crippen LogP contribution in [0.3, 0.4) is 0 Å². The lowest BCUT2D eigenvalue weighted by atomic mass is 10.1. The lowest BCUT2D eigenvalue weighted by Gasteiger charge is -2.06. The molecule has 0 aliphatic rings. The summed E-state index contributed by atoms with van der Waals surface area (Å²) in [5, 5.41) is 3.64. The summed E-state index contributed by atoms with van der Waals surface area (Å²) in [6, 6.07) is 13.0. The molecule has 5 nitrogen and oxygen atoms in total. The minimum Gasteiger partial charge on any atom is -0.321 e. The summed E-state index contributed by atoms with van der Waals surface area (Å²) in [7, 11) is 1.64. The second-order valence-electron chi connectivity index (χ2n) is 5.10. The molecule has 22 heavy (non-hydrogen) atoms. The van der Waals surface area contributed by atoms with Crippen molar-refractivity contribution in [3.63, 3.8) is 0 Å². The van der Waals surface area contributed by atoms with Crippen LogP contribution in [-0.4, -0.2) is 15.5 Å². The van der Waals surface area contributed by atoms with Gasteiger partial charge in [0, 0.05) is 24.8 Å². The van der Waals surface area contributed by atoms with Crippen molar-refractivity contribution in [2.45, 2.75) is 6.42 Å². The number of amides is 1. The summed E-state index contributed by atoms with van der Waals surface area (Å²) in [6.45, 7) is 0. The van der Waals surface area contributed by atoms with Crippen molar-refractivity contribution in [2.75, 3.05) is 5.32 Å². The van der Waals surface area contributed by atoms with Crippen molar-refractivity contribution < 1.29 is 4.79 Å². The second-order valence-corrected chi connectivity index (χ2v) is 5.10. The Morgan fingerprint density at radius 2 is 2.05 bits per heavy atom. The van der Waals surface area contributed by atoms with E-state index in [0.29, 0.717) is 0 Å². The number of benzene rings is 1. The zero-order chi connectivity index (χ0) is 15.5. The number of pyridine rings is 2. The van der Waals surface area contributed by atoms with Gasteiger partial charge in [0.05, 0.1) is 11.9 Å². The standard InChI is InChI=1S/C17H15N3O2/c1-20-8-4-7-15(17(20)22)19-16(21)10-12-9-13-5-2-3-6-14(13)18-11-12/h2-9,11H,10H2,1H3,(H,19,21). The first-order valence-electron chi connectivity index (χ1n) is 6.92. The SMILES string of the molecule is Cn1cccc(NC(=O)Cc2cnc3ccccc3c2)c1=O. The lowest BCUT2D eigenvalue weighted by molar-refractivity contribution is -0.115. The van der Waals surface area contributed by atoms with Gasteiger partial charge < -0.3 is 9.88 Å². The van der Waals surface area contributed by atoms with E-state index in [1.807, 2.05) is 30.3 Å². The van der Waals surface area contributed by atoms with E-state index >= 15 is 0 Å². The summed E-state index contributed by atoms with van der Waals surface area (Å²) in [6.07, 6.45) is 3.51. The van der Waals surface area contributed by atoms with Crippen LogP contribution < -0.4 is 10.9 Å². The predicted molar refractivity (Wildman–Crippen MR) is 85.8 cm³/mol. The minimum absolute atomic E-state index is 0.176. The fourth-order valence-electron chi connectivity index (χ4n) is 2.29. The van der Waals surface area contributed by atoms with E-state index in [1.54, 1.807) is 31.6 Å². The van der Waals surface area contributed by atoms with Crippen LogP contribution in [0.25, 0.3) is 10.9 Å². The van der Waals surface area contributed by atoms with E-state index in [4.69, 9.17) is 0 Å². The first-order valence-corrected chi connectivity index (χ1v) is 6.92. The van der Waals surface area contributed by atoms with E-state index in [-0.39, 0.29) is 23.6 Å². The number of fused-ring (bicyclic) bond motifs is 1. The van der Waals surface area contributed by atoms with Gasteiger partial charge in [0.25, 0.3) is 5.56 Å². The Labute approximate surface area is 127 Å². The van der Waals surface area contributed by atoms with Gasteiger partial charge in [-0.25, -0.2) is 0 Å². The van der Waals surface area contributed by atoms with Gasteiger partial charge in [-0.3, -0.25) is 14.6 Å². The Kier molecular flexibility index (Phi) is 3.70. The van der Waals surface area contributed by atoms with E-state index in [1.165, 1.54) is 4.57 Å². The lowest BCUT2D eigenvalue weighted by Crippen LogP contribution is -2.24. The number of para-hydroxylation sites is 1. The van der Waals surface area contributed by atoms with Crippen LogP contribution in [0.5, 0.6) is 0 Å². The Bertz CT molecular complexity index is 900. The van der Waals surface area contributed by atoms with Crippen LogP contribution in [0.2, 0.25) is 0 Å². The molecular formula is C17H15N3O2. The number of nitrogens with one attached hydrogen (secondary N) is 1. The molecule has 0 fully saturated rings. The van der Waals surface area contributed by atoms with E-state index in [2.05, 4.69) is 10.3 Å². The van der Waals surface area contributed by atoms with Gasteiger partial charge in [0.15, 0.2) is 0 Å². The van der Waals surface area contributed by atoms with Gasteiger partial charge >= 0.3 is 0 Å². The molecule has 110 valence electrons. The number of anilines is 1. The molecule has 0 atom stereocenters. The third-order valence-corrected chi connectivity index (χ3v) is 3.41. The number of aromatic nitrogens is 2. The molecule has 3 aromatic rings. The van der Waals surface area contributed by atoms with E-state index in [9.17, 15) is 9.59 Å². The molecule has 0 aliphatic carbocycles. The zero-order valence-corrected chi connectivity index (χ0v) is 12.1. The van der Waals surface area contributed by atoms with Crippen molar-refractivity contribution in [1.82, 2.24) is 9.55 Å². The molecule has 0 spiro atoms. The Morgan fingerprint density at radius 1 is 1.23 bits per heavy atom. The quantitative estimate of drug-likeness (QED) is 0.804. The van der Waals surface area contributed by atoms with Gasteiger partial charge in [-0.05, 0) is 29.8 Å². The Morgan fingerprint density at radius 3 is 2.91 bits per heavy atom. The van der Waals surface area contributed by atoms with Crippen LogP contribution >= 0.6 is 0 Å². The molecule has 0 radical (unpaired) electrons. The molecule has 0 bridgehead atoms. The van der Waals surface area contributed by atoms with E-state index in [0.717, 1.165) is 16.5 Å².